The van der Waals surface area contributed by atoms with E-state index in [0.717, 1.165) is 35.6 Å². The number of aryl methyl sites for hydroxylation is 1. The van der Waals surface area contributed by atoms with Crippen LogP contribution in [0.4, 0.5) is 5.69 Å². The Bertz CT molecular complexity index is 1000. The van der Waals surface area contributed by atoms with Crippen molar-refractivity contribution >= 4 is 23.2 Å². The van der Waals surface area contributed by atoms with E-state index in [1.54, 1.807) is 0 Å². The van der Waals surface area contributed by atoms with Crippen LogP contribution in [0.15, 0.2) is 6.07 Å². The summed E-state index contributed by atoms with van der Waals surface area (Å²) in [6.45, 7) is -1.27. The van der Waals surface area contributed by atoms with Gasteiger partial charge in [-0.05, 0) is 67.1 Å². The number of rotatable bonds is 14. The maximum Gasteiger partial charge on any atom is 0.224 e. The Kier molecular flexibility index (Phi) is 9.13. The highest BCUT2D eigenvalue weighted by atomic mass is 16.3. The van der Waals surface area contributed by atoms with E-state index in [1.807, 2.05) is 25.1 Å². The maximum atomic E-state index is 13.3. The Balaban J connectivity index is 0.00000361. The number of hydrogen-bond donors (Lipinski definition) is 5. The van der Waals surface area contributed by atoms with Crippen molar-refractivity contribution in [3.63, 3.8) is 0 Å². The molecule has 1 fully saturated rings. The van der Waals surface area contributed by atoms with Crippen molar-refractivity contribution in [2.45, 2.75) is 69.8 Å². The third-order valence-corrected chi connectivity index (χ3v) is 7.78. The van der Waals surface area contributed by atoms with Gasteiger partial charge in [-0.2, -0.15) is 0 Å². The lowest BCUT2D eigenvalue weighted by molar-refractivity contribution is -0.153. The topological polar surface area (TPSA) is 161 Å². The number of anilines is 1. The van der Waals surface area contributed by atoms with Gasteiger partial charge in [0.05, 0.1) is 18.6 Å². The summed E-state index contributed by atoms with van der Waals surface area (Å²) in [5.74, 6) is -2.36. The second kappa shape index (κ2) is 11.7. The van der Waals surface area contributed by atoms with Gasteiger partial charge >= 0.3 is 0 Å². The molecule has 9 heteroatoms. The molecule has 3 rings (SSSR count). The van der Waals surface area contributed by atoms with Crippen LogP contribution in [0.25, 0.3) is 0 Å². The van der Waals surface area contributed by atoms with Crippen molar-refractivity contribution in [1.82, 2.24) is 0 Å². The third kappa shape index (κ3) is 6.25. The van der Waals surface area contributed by atoms with E-state index in [1.165, 1.54) is 12.8 Å². The summed E-state index contributed by atoms with van der Waals surface area (Å²) in [4.78, 5) is 39.1. The van der Waals surface area contributed by atoms with E-state index in [-0.39, 0.29) is 46.2 Å². The molecule has 2 aliphatic carbocycles. The summed E-state index contributed by atoms with van der Waals surface area (Å²) in [6, 6.07) is 1.95. The largest absolute Gasteiger partial charge is 0.507 e. The molecule has 1 aromatic carbocycles. The average Bonchev–Trinajstić information content (AvgIpc) is 3.63. The lowest BCUT2D eigenvalue weighted by atomic mass is 9.71. The standard InChI is InChI=1S/C27H40N2O7.2H2/c1-29(2)21-13-18(5-3-4-16-6-7-16)26(35)25-20(21)11-17(12-22(25)32)10-19(8-9-30)27(36,15-31)23(33)14-24(28)34;;/h13,16-17,19,30-31,35-36H,3-12,14-15H2,1-2H3,(H2,28,34);2*1H/t17?,19?,27-;;/m1../s1. The smallest absolute Gasteiger partial charge is 0.224 e. The molecule has 0 aromatic heterocycles. The predicted octanol–water partition coefficient (Wildman–Crippen LogP) is 1.98. The lowest BCUT2D eigenvalue weighted by Gasteiger charge is -2.37. The Hall–Kier alpha value is -2.49. The van der Waals surface area contributed by atoms with Crippen LogP contribution < -0.4 is 10.6 Å². The predicted molar refractivity (Wildman–Crippen MR) is 139 cm³/mol. The van der Waals surface area contributed by atoms with Gasteiger partial charge in [0, 0.05) is 35.7 Å². The maximum absolute atomic E-state index is 13.3. The molecule has 9 nitrogen and oxygen atoms in total. The first-order chi connectivity index (χ1) is 17.0. The van der Waals surface area contributed by atoms with Crippen molar-refractivity contribution in [2.75, 3.05) is 32.2 Å². The Morgan fingerprint density at radius 1 is 1.22 bits per heavy atom. The van der Waals surface area contributed by atoms with Gasteiger partial charge in [-0.15, -0.1) is 0 Å². The first kappa shape index (κ1) is 28.1. The summed E-state index contributed by atoms with van der Waals surface area (Å²) in [6.07, 6.45) is 5.32. The zero-order chi connectivity index (χ0) is 26.6. The van der Waals surface area contributed by atoms with Crippen molar-refractivity contribution in [1.29, 1.82) is 0 Å². The highest BCUT2D eigenvalue weighted by Crippen LogP contribution is 2.43. The zero-order valence-corrected chi connectivity index (χ0v) is 21.3. The number of primary amides is 1. The van der Waals surface area contributed by atoms with E-state index in [2.05, 4.69) is 0 Å². The molecule has 0 heterocycles. The fourth-order valence-electron chi connectivity index (χ4n) is 5.59. The first-order valence-corrected chi connectivity index (χ1v) is 12.9. The van der Waals surface area contributed by atoms with E-state index in [0.29, 0.717) is 18.4 Å². The summed E-state index contributed by atoms with van der Waals surface area (Å²) in [5.41, 5.74) is 5.56. The van der Waals surface area contributed by atoms with Crippen molar-refractivity contribution < 1.29 is 37.7 Å². The molecule has 36 heavy (non-hydrogen) atoms. The molecular weight excluding hydrogens is 464 g/mol. The van der Waals surface area contributed by atoms with Gasteiger partial charge in [-0.3, -0.25) is 14.4 Å². The minimum atomic E-state index is -2.25. The number of aliphatic hydroxyl groups is 3. The summed E-state index contributed by atoms with van der Waals surface area (Å²) < 4.78 is 0. The number of carbonyl (C=O) groups is 3. The molecule has 0 spiro atoms. The SMILES string of the molecule is CN(C)c1cc(CCCC2CC2)c(O)c2c1CC(CC(CCO)[C@](O)(CO)C(=O)CC(N)=O)CC2=O.[HH].[HH]. The van der Waals surface area contributed by atoms with Gasteiger partial charge in [-0.25, -0.2) is 0 Å². The number of Topliss-reactive ketones (excluding diaryl/α,β-unsaturated/α-hetero) is 2. The van der Waals surface area contributed by atoms with Crippen molar-refractivity contribution in [3.05, 3.63) is 22.8 Å². The van der Waals surface area contributed by atoms with Crippen molar-refractivity contribution in [3.8, 4) is 5.75 Å². The van der Waals surface area contributed by atoms with E-state index < -0.39 is 36.2 Å². The van der Waals surface area contributed by atoms with E-state index >= 15 is 0 Å². The number of fused-ring (bicyclic) bond motifs is 1. The second-order valence-corrected chi connectivity index (χ2v) is 10.8. The lowest BCUT2D eigenvalue weighted by Crippen LogP contribution is -2.51. The number of phenolic OH excluding ortho intramolecular Hbond substituents is 1. The molecule has 2 unspecified atom stereocenters. The Morgan fingerprint density at radius 2 is 1.92 bits per heavy atom. The molecule has 1 amide bonds. The summed E-state index contributed by atoms with van der Waals surface area (Å²) in [7, 11) is 3.77. The van der Waals surface area contributed by atoms with Crippen LogP contribution in [0, 0.1) is 17.8 Å². The fraction of sp³-hybridized carbons (Fsp3) is 0.667. The summed E-state index contributed by atoms with van der Waals surface area (Å²) >= 11 is 0. The molecule has 3 atom stereocenters. The Labute approximate surface area is 215 Å². The van der Waals surface area contributed by atoms with Crippen LogP contribution in [0.2, 0.25) is 0 Å². The van der Waals surface area contributed by atoms with Crippen LogP contribution in [-0.4, -0.2) is 70.8 Å². The number of nitrogens with zero attached hydrogens (tertiary/aromatic N) is 1. The van der Waals surface area contributed by atoms with E-state index in [9.17, 15) is 34.8 Å². The van der Waals surface area contributed by atoms with Crippen LogP contribution >= 0.6 is 0 Å². The monoisotopic (exact) mass is 508 g/mol. The number of phenols is 1. The molecule has 1 saturated carbocycles. The van der Waals surface area contributed by atoms with Gasteiger partial charge in [0.25, 0.3) is 0 Å². The number of benzene rings is 1. The fourth-order valence-corrected chi connectivity index (χ4v) is 5.59. The third-order valence-electron chi connectivity index (χ3n) is 7.78. The number of hydrogen-bond acceptors (Lipinski definition) is 8. The summed E-state index contributed by atoms with van der Waals surface area (Å²) in [5, 5.41) is 41.5. The van der Waals surface area contributed by atoms with E-state index in [4.69, 9.17) is 5.73 Å². The van der Waals surface area contributed by atoms with Crippen LogP contribution in [0.1, 0.15) is 75.7 Å². The minimum absolute atomic E-state index is 0. The van der Waals surface area contributed by atoms with Crippen LogP contribution in [-0.2, 0) is 22.4 Å². The molecule has 204 valence electrons. The van der Waals surface area contributed by atoms with Gasteiger partial charge < -0.3 is 31.1 Å². The molecule has 0 saturated heterocycles. The molecule has 0 bridgehead atoms. The molecule has 1 aromatic rings. The van der Waals surface area contributed by atoms with Gasteiger partial charge in [-0.1, -0.05) is 19.3 Å². The first-order valence-electron chi connectivity index (χ1n) is 12.9. The Morgan fingerprint density at radius 3 is 2.47 bits per heavy atom. The van der Waals surface area contributed by atoms with Gasteiger partial charge in [0.1, 0.15) is 11.4 Å². The second-order valence-electron chi connectivity index (χ2n) is 10.8. The molecule has 0 aliphatic heterocycles. The molecule has 6 N–H and O–H groups in total. The number of ketones is 2. The minimum Gasteiger partial charge on any atom is -0.507 e. The molecular formula is C27H44N2O7. The number of nitrogens with two attached hydrogens (primary N) is 1. The average molecular weight is 509 g/mol. The quantitative estimate of drug-likeness (QED) is 0.238. The van der Waals surface area contributed by atoms with Gasteiger partial charge in [0.15, 0.2) is 11.6 Å². The van der Waals surface area contributed by atoms with Crippen LogP contribution in [0.3, 0.4) is 0 Å². The number of carbonyl (C=O) groups excluding carboxylic acids is 3. The number of aromatic hydroxyl groups is 1. The molecule has 2 aliphatic rings. The number of aliphatic hydroxyl groups excluding tert-OH is 2. The number of amides is 1. The molecule has 0 radical (unpaired) electrons. The van der Waals surface area contributed by atoms with Gasteiger partial charge in [0.2, 0.25) is 5.91 Å². The van der Waals surface area contributed by atoms with Crippen LogP contribution in [0.5, 0.6) is 5.75 Å². The normalized spacial score (nSPS) is 19.9. The zero-order valence-electron chi connectivity index (χ0n) is 21.3. The van der Waals surface area contributed by atoms with Crippen molar-refractivity contribution in [2.24, 2.45) is 23.5 Å². The highest BCUT2D eigenvalue weighted by molar-refractivity contribution is 6.03. The highest BCUT2D eigenvalue weighted by Gasteiger charge is 2.45.